The number of Topliss-reactive ketones (excluding diaryl/α,β-unsaturated/α-hetero) is 1. The Kier molecular flexibility index (Phi) is 5.02. The Morgan fingerprint density at radius 3 is 2.37 bits per heavy atom. The topological polar surface area (TPSA) is 104 Å². The smallest absolute Gasteiger partial charge is 0.341 e. The molecule has 27 heavy (non-hydrogen) atoms. The zero-order valence-electron chi connectivity index (χ0n) is 13.9. The molecule has 138 valence electrons. The van der Waals surface area contributed by atoms with E-state index < -0.39 is 44.7 Å². The molecule has 0 saturated carbocycles. The van der Waals surface area contributed by atoms with Gasteiger partial charge in [0, 0.05) is 5.56 Å². The van der Waals surface area contributed by atoms with Crippen LogP contribution in [0.15, 0.2) is 65.6 Å². The van der Waals surface area contributed by atoms with Gasteiger partial charge in [0.25, 0.3) is 0 Å². The Labute approximate surface area is 154 Å². The molecule has 3 aromatic carbocycles. The molecular weight excluding hydrogens is 373 g/mol. The van der Waals surface area contributed by atoms with Crippen LogP contribution in [0.5, 0.6) is 0 Å². The molecular formula is C19H14FNO5S. The summed E-state index contributed by atoms with van der Waals surface area (Å²) < 4.78 is 41.3. The van der Waals surface area contributed by atoms with E-state index in [2.05, 4.69) is 0 Å². The first kappa shape index (κ1) is 18.7. The second kappa shape index (κ2) is 7.26. The van der Waals surface area contributed by atoms with Gasteiger partial charge in [0.15, 0.2) is 12.4 Å². The number of esters is 1. The molecule has 3 rings (SSSR count). The van der Waals surface area contributed by atoms with E-state index in [9.17, 15) is 22.4 Å². The molecule has 0 heterocycles. The van der Waals surface area contributed by atoms with Gasteiger partial charge in [0.05, 0.1) is 10.5 Å². The molecule has 0 saturated heterocycles. The van der Waals surface area contributed by atoms with Crippen LogP contribution in [0.3, 0.4) is 0 Å². The van der Waals surface area contributed by atoms with E-state index in [-0.39, 0.29) is 0 Å². The van der Waals surface area contributed by atoms with Crippen molar-refractivity contribution in [2.75, 3.05) is 6.61 Å². The molecule has 0 aromatic heterocycles. The number of carbonyl (C=O) groups excluding carboxylic acids is 2. The standard InChI is InChI=1S/C19H14FNO5S/c20-17-8-7-15(27(21,24)25)10-16(17)19(23)26-11-18(22)14-6-5-12-3-1-2-4-13(12)9-14/h1-10H,11H2,(H2,21,24,25). The second-order valence-electron chi connectivity index (χ2n) is 5.75. The lowest BCUT2D eigenvalue weighted by Gasteiger charge is -2.07. The zero-order valence-corrected chi connectivity index (χ0v) is 14.7. The molecule has 0 aliphatic rings. The summed E-state index contributed by atoms with van der Waals surface area (Å²) in [4.78, 5) is 23.9. The first-order valence-electron chi connectivity index (χ1n) is 7.77. The summed E-state index contributed by atoms with van der Waals surface area (Å²) in [6.45, 7) is -0.615. The van der Waals surface area contributed by atoms with Crippen LogP contribution in [-0.2, 0) is 14.8 Å². The number of rotatable bonds is 5. The molecule has 0 radical (unpaired) electrons. The minimum absolute atomic E-state index is 0.334. The summed E-state index contributed by atoms with van der Waals surface area (Å²) in [5.41, 5.74) is -0.284. The van der Waals surface area contributed by atoms with E-state index >= 15 is 0 Å². The van der Waals surface area contributed by atoms with Gasteiger partial charge in [-0.15, -0.1) is 0 Å². The number of fused-ring (bicyclic) bond motifs is 1. The lowest BCUT2D eigenvalue weighted by Crippen LogP contribution is -2.17. The third-order valence-corrected chi connectivity index (χ3v) is 4.80. The first-order valence-corrected chi connectivity index (χ1v) is 9.32. The van der Waals surface area contributed by atoms with Gasteiger partial charge in [0.2, 0.25) is 10.0 Å². The fourth-order valence-electron chi connectivity index (χ4n) is 2.49. The fourth-order valence-corrected chi connectivity index (χ4v) is 3.03. The summed E-state index contributed by atoms with van der Waals surface area (Å²) in [6, 6.07) is 15.0. The van der Waals surface area contributed by atoms with Crippen LogP contribution >= 0.6 is 0 Å². The van der Waals surface area contributed by atoms with Crippen molar-refractivity contribution in [1.82, 2.24) is 0 Å². The minimum atomic E-state index is -4.11. The maximum absolute atomic E-state index is 13.8. The Bertz CT molecular complexity index is 1160. The van der Waals surface area contributed by atoms with Gasteiger partial charge in [0.1, 0.15) is 5.82 Å². The summed E-state index contributed by atoms with van der Waals surface area (Å²) in [7, 11) is -4.11. The highest BCUT2D eigenvalue weighted by molar-refractivity contribution is 7.89. The van der Waals surface area contributed by atoms with E-state index in [4.69, 9.17) is 9.88 Å². The molecule has 0 bridgehead atoms. The Morgan fingerprint density at radius 1 is 0.963 bits per heavy atom. The predicted octanol–water partition coefficient (Wildman–Crippen LogP) is 2.67. The third kappa shape index (κ3) is 4.18. The summed E-state index contributed by atoms with van der Waals surface area (Å²) in [6.07, 6.45) is 0. The number of benzene rings is 3. The fraction of sp³-hybridized carbons (Fsp3) is 0.0526. The van der Waals surface area contributed by atoms with Crippen LogP contribution in [0, 0.1) is 5.82 Å². The number of halogens is 1. The van der Waals surface area contributed by atoms with Crippen LogP contribution in [0.4, 0.5) is 4.39 Å². The number of hydrogen-bond donors (Lipinski definition) is 1. The van der Waals surface area contributed by atoms with Gasteiger partial charge >= 0.3 is 5.97 Å². The highest BCUT2D eigenvalue weighted by Gasteiger charge is 2.19. The van der Waals surface area contributed by atoms with Crippen LogP contribution < -0.4 is 5.14 Å². The highest BCUT2D eigenvalue weighted by Crippen LogP contribution is 2.17. The molecule has 3 aromatic rings. The number of nitrogens with two attached hydrogens (primary N) is 1. The quantitative estimate of drug-likeness (QED) is 0.535. The number of ketones is 1. The van der Waals surface area contributed by atoms with Crippen molar-refractivity contribution in [3.8, 4) is 0 Å². The molecule has 0 unspecified atom stereocenters. The Balaban J connectivity index is 1.76. The summed E-state index contributed by atoms with van der Waals surface area (Å²) in [5, 5.41) is 6.76. The number of ether oxygens (including phenoxy) is 1. The van der Waals surface area contributed by atoms with Gasteiger partial charge < -0.3 is 4.74 Å². The largest absolute Gasteiger partial charge is 0.454 e. The molecule has 6 nitrogen and oxygen atoms in total. The van der Waals surface area contributed by atoms with E-state index in [1.165, 1.54) is 0 Å². The van der Waals surface area contributed by atoms with Gasteiger partial charge in [-0.2, -0.15) is 0 Å². The predicted molar refractivity (Wildman–Crippen MR) is 96.3 cm³/mol. The SMILES string of the molecule is NS(=O)(=O)c1ccc(F)c(C(=O)OCC(=O)c2ccc3ccccc3c2)c1. The van der Waals surface area contributed by atoms with Crippen molar-refractivity contribution in [3.63, 3.8) is 0 Å². The molecule has 2 N–H and O–H groups in total. The Hall–Kier alpha value is -3.10. The minimum Gasteiger partial charge on any atom is -0.454 e. The molecule has 0 amide bonds. The van der Waals surface area contributed by atoms with Gasteiger partial charge in [-0.05, 0) is 35.0 Å². The van der Waals surface area contributed by atoms with Crippen LogP contribution in [-0.4, -0.2) is 26.8 Å². The second-order valence-corrected chi connectivity index (χ2v) is 7.31. The van der Waals surface area contributed by atoms with E-state index in [1.54, 1.807) is 18.2 Å². The number of sulfonamides is 1. The summed E-state index contributed by atoms with van der Waals surface area (Å²) >= 11 is 0. The molecule has 0 aliphatic carbocycles. The molecule has 0 fully saturated rings. The lowest BCUT2D eigenvalue weighted by atomic mass is 10.0. The maximum Gasteiger partial charge on any atom is 0.341 e. The van der Waals surface area contributed by atoms with Crippen LogP contribution in [0.1, 0.15) is 20.7 Å². The number of carbonyl (C=O) groups is 2. The number of primary sulfonamides is 1. The van der Waals surface area contributed by atoms with Gasteiger partial charge in [-0.3, -0.25) is 4.79 Å². The lowest BCUT2D eigenvalue weighted by molar-refractivity contribution is 0.0470. The van der Waals surface area contributed by atoms with Crippen molar-refractivity contribution in [2.45, 2.75) is 4.90 Å². The molecule has 0 atom stereocenters. The normalized spacial score (nSPS) is 11.3. The highest BCUT2D eigenvalue weighted by atomic mass is 32.2. The molecule has 0 aliphatic heterocycles. The van der Waals surface area contributed by atoms with Gasteiger partial charge in [-0.25, -0.2) is 22.7 Å². The van der Waals surface area contributed by atoms with Crippen molar-refractivity contribution in [3.05, 3.63) is 77.6 Å². The van der Waals surface area contributed by atoms with Crippen molar-refractivity contribution >= 4 is 32.5 Å². The van der Waals surface area contributed by atoms with Gasteiger partial charge in [-0.1, -0.05) is 36.4 Å². The summed E-state index contributed by atoms with van der Waals surface area (Å²) in [5.74, 6) is -2.62. The van der Waals surface area contributed by atoms with Crippen LogP contribution in [0.2, 0.25) is 0 Å². The third-order valence-electron chi connectivity index (χ3n) is 3.89. The number of hydrogen-bond acceptors (Lipinski definition) is 5. The molecule has 8 heteroatoms. The average Bonchev–Trinajstić information content (AvgIpc) is 2.64. The maximum atomic E-state index is 13.8. The van der Waals surface area contributed by atoms with E-state index in [0.29, 0.717) is 5.56 Å². The van der Waals surface area contributed by atoms with Crippen LogP contribution in [0.25, 0.3) is 10.8 Å². The Morgan fingerprint density at radius 2 is 1.67 bits per heavy atom. The van der Waals surface area contributed by atoms with E-state index in [1.807, 2.05) is 24.3 Å². The van der Waals surface area contributed by atoms with Crippen molar-refractivity contribution in [1.29, 1.82) is 0 Å². The first-order chi connectivity index (χ1) is 12.8. The van der Waals surface area contributed by atoms with Crippen molar-refractivity contribution < 1.29 is 27.1 Å². The van der Waals surface area contributed by atoms with E-state index in [0.717, 1.165) is 29.0 Å². The zero-order chi connectivity index (χ0) is 19.6. The average molecular weight is 387 g/mol. The van der Waals surface area contributed by atoms with Crippen molar-refractivity contribution in [2.24, 2.45) is 5.14 Å². The molecule has 0 spiro atoms. The monoisotopic (exact) mass is 387 g/mol.